The number of hydrogen-bond acceptors (Lipinski definition) is 3. The lowest BCUT2D eigenvalue weighted by atomic mass is 10.0. The fourth-order valence-electron chi connectivity index (χ4n) is 3.21. The van der Waals surface area contributed by atoms with Gasteiger partial charge >= 0.3 is 0 Å². The van der Waals surface area contributed by atoms with Gasteiger partial charge in [-0.05, 0) is 35.7 Å². The van der Waals surface area contributed by atoms with Crippen molar-refractivity contribution in [1.29, 1.82) is 0 Å². The zero-order valence-electron chi connectivity index (χ0n) is 16.9. The molecule has 0 radical (unpaired) electrons. The van der Waals surface area contributed by atoms with Crippen molar-refractivity contribution in [2.75, 3.05) is 4.72 Å². The molecular weight excluding hydrogens is 394 g/mol. The molecule has 0 saturated heterocycles. The number of anilines is 1. The van der Waals surface area contributed by atoms with Crippen LogP contribution in [0.15, 0.2) is 96.0 Å². The molecule has 0 aliphatic heterocycles. The highest BCUT2D eigenvalue weighted by atomic mass is 32.2. The summed E-state index contributed by atoms with van der Waals surface area (Å²) in [6.07, 6.45) is 1.56. The molecule has 0 aliphatic rings. The molecule has 6 heteroatoms. The van der Waals surface area contributed by atoms with Gasteiger partial charge in [0, 0.05) is 11.3 Å². The van der Waals surface area contributed by atoms with E-state index in [1.54, 1.807) is 23.0 Å². The first-order chi connectivity index (χ1) is 14.4. The molecule has 5 nitrogen and oxygen atoms in total. The van der Waals surface area contributed by atoms with Gasteiger partial charge in [-0.15, -0.1) is 0 Å². The fourth-order valence-corrected chi connectivity index (χ4v) is 4.42. The minimum atomic E-state index is -3.85. The Balaban J connectivity index is 1.77. The first-order valence-electron chi connectivity index (χ1n) is 9.77. The van der Waals surface area contributed by atoms with Gasteiger partial charge in [0.2, 0.25) is 0 Å². The van der Waals surface area contributed by atoms with Crippen molar-refractivity contribution in [2.24, 2.45) is 0 Å². The fraction of sp³-hybridized carbons (Fsp3) is 0.125. The smallest absolute Gasteiger partial charge is 0.265 e. The minimum absolute atomic E-state index is 0.130. The van der Waals surface area contributed by atoms with Crippen molar-refractivity contribution < 1.29 is 8.42 Å². The van der Waals surface area contributed by atoms with Crippen molar-refractivity contribution in [1.82, 2.24) is 9.78 Å². The topological polar surface area (TPSA) is 64.0 Å². The third-order valence-electron chi connectivity index (χ3n) is 4.87. The second-order valence-electron chi connectivity index (χ2n) is 7.37. The average molecular weight is 418 g/mol. The minimum Gasteiger partial charge on any atom is -0.280 e. The number of rotatable bonds is 6. The van der Waals surface area contributed by atoms with Gasteiger partial charge in [-0.2, -0.15) is 5.10 Å². The Morgan fingerprint density at radius 1 is 0.833 bits per heavy atom. The second-order valence-corrected chi connectivity index (χ2v) is 9.02. The lowest BCUT2D eigenvalue weighted by molar-refractivity contribution is 0.601. The predicted octanol–water partition coefficient (Wildman–Crippen LogP) is 5.46. The van der Waals surface area contributed by atoms with Gasteiger partial charge in [0.15, 0.2) is 0 Å². The average Bonchev–Trinajstić information content (AvgIpc) is 3.22. The Hall–Kier alpha value is -3.38. The SMILES string of the molecule is CC(C)c1ccc(NS(=O)(=O)c2cn(-c3ccccc3)nc2-c2ccccc2)cc1. The Morgan fingerprint density at radius 3 is 2.03 bits per heavy atom. The van der Waals surface area contributed by atoms with E-state index in [9.17, 15) is 8.42 Å². The van der Waals surface area contributed by atoms with Crippen LogP contribution in [0.2, 0.25) is 0 Å². The molecule has 4 aromatic rings. The van der Waals surface area contributed by atoms with E-state index in [1.807, 2.05) is 72.8 Å². The Kier molecular flexibility index (Phi) is 5.42. The largest absolute Gasteiger partial charge is 0.280 e. The summed E-state index contributed by atoms with van der Waals surface area (Å²) in [6.45, 7) is 4.20. The second kappa shape index (κ2) is 8.16. The molecule has 1 aromatic heterocycles. The third-order valence-corrected chi connectivity index (χ3v) is 6.25. The van der Waals surface area contributed by atoms with Crippen LogP contribution in [0.5, 0.6) is 0 Å². The number of nitrogens with zero attached hydrogens (tertiary/aromatic N) is 2. The van der Waals surface area contributed by atoms with Crippen LogP contribution in [0.4, 0.5) is 5.69 Å². The van der Waals surface area contributed by atoms with E-state index in [-0.39, 0.29) is 4.90 Å². The van der Waals surface area contributed by atoms with Crippen molar-refractivity contribution in [2.45, 2.75) is 24.7 Å². The molecule has 0 unspecified atom stereocenters. The molecular formula is C24H23N3O2S. The number of sulfonamides is 1. The van der Waals surface area contributed by atoms with E-state index < -0.39 is 10.0 Å². The Morgan fingerprint density at radius 2 is 1.43 bits per heavy atom. The maximum Gasteiger partial charge on any atom is 0.265 e. The van der Waals surface area contributed by atoms with Crippen LogP contribution in [0, 0.1) is 0 Å². The van der Waals surface area contributed by atoms with Gasteiger partial charge < -0.3 is 0 Å². The summed E-state index contributed by atoms with van der Waals surface area (Å²) in [5, 5.41) is 4.59. The van der Waals surface area contributed by atoms with E-state index in [0.29, 0.717) is 17.3 Å². The lowest BCUT2D eigenvalue weighted by Gasteiger charge is -2.10. The molecule has 0 saturated carbocycles. The molecule has 0 amide bonds. The summed E-state index contributed by atoms with van der Waals surface area (Å²) < 4.78 is 30.9. The quantitative estimate of drug-likeness (QED) is 0.453. The van der Waals surface area contributed by atoms with E-state index in [1.165, 1.54) is 0 Å². The molecule has 0 bridgehead atoms. The first kappa shape index (κ1) is 19.9. The van der Waals surface area contributed by atoms with Gasteiger partial charge in [-0.25, -0.2) is 13.1 Å². The van der Waals surface area contributed by atoms with E-state index in [0.717, 1.165) is 16.8 Å². The van der Waals surface area contributed by atoms with E-state index in [4.69, 9.17) is 0 Å². The standard InChI is InChI=1S/C24H23N3O2S/c1-18(2)19-13-15-21(16-14-19)26-30(28,29)23-17-27(22-11-7-4-8-12-22)25-24(23)20-9-5-3-6-10-20/h3-18,26H,1-2H3. The highest BCUT2D eigenvalue weighted by molar-refractivity contribution is 7.92. The number of para-hydroxylation sites is 1. The molecule has 30 heavy (non-hydrogen) atoms. The molecule has 0 aliphatic carbocycles. The van der Waals surface area contributed by atoms with Crippen LogP contribution in [-0.4, -0.2) is 18.2 Å². The first-order valence-corrected chi connectivity index (χ1v) is 11.3. The molecule has 4 rings (SSSR count). The zero-order chi connectivity index (χ0) is 21.1. The van der Waals surface area contributed by atoms with Crippen LogP contribution in [0.25, 0.3) is 16.9 Å². The Bertz CT molecular complexity index is 1230. The zero-order valence-corrected chi connectivity index (χ0v) is 17.7. The summed E-state index contributed by atoms with van der Waals surface area (Å²) in [6, 6.07) is 26.2. The van der Waals surface area contributed by atoms with Crippen LogP contribution >= 0.6 is 0 Å². The normalized spacial score (nSPS) is 11.6. The molecule has 0 atom stereocenters. The molecule has 0 spiro atoms. The predicted molar refractivity (Wildman–Crippen MR) is 120 cm³/mol. The summed E-state index contributed by atoms with van der Waals surface area (Å²) in [7, 11) is -3.85. The van der Waals surface area contributed by atoms with Crippen LogP contribution in [-0.2, 0) is 10.0 Å². The molecule has 152 valence electrons. The maximum absolute atomic E-state index is 13.3. The van der Waals surface area contributed by atoms with E-state index >= 15 is 0 Å². The number of aromatic nitrogens is 2. The van der Waals surface area contributed by atoms with Crippen LogP contribution in [0.1, 0.15) is 25.3 Å². The molecule has 1 N–H and O–H groups in total. The summed E-state index contributed by atoms with van der Waals surface area (Å²) in [5.74, 6) is 0.379. The van der Waals surface area contributed by atoms with Gasteiger partial charge in [-0.1, -0.05) is 74.5 Å². The van der Waals surface area contributed by atoms with Crippen molar-refractivity contribution >= 4 is 15.7 Å². The van der Waals surface area contributed by atoms with Gasteiger partial charge in [0.25, 0.3) is 10.0 Å². The van der Waals surface area contributed by atoms with Crippen molar-refractivity contribution in [3.63, 3.8) is 0 Å². The van der Waals surface area contributed by atoms with E-state index in [2.05, 4.69) is 23.7 Å². The number of nitrogens with one attached hydrogen (secondary N) is 1. The van der Waals surface area contributed by atoms with Crippen molar-refractivity contribution in [3.05, 3.63) is 96.7 Å². The Labute approximate surface area is 177 Å². The molecule has 3 aromatic carbocycles. The highest BCUT2D eigenvalue weighted by Gasteiger charge is 2.24. The molecule has 1 heterocycles. The lowest BCUT2D eigenvalue weighted by Crippen LogP contribution is -2.13. The van der Waals surface area contributed by atoms with Crippen molar-refractivity contribution in [3.8, 4) is 16.9 Å². The summed E-state index contributed by atoms with van der Waals surface area (Å²) >= 11 is 0. The molecule has 0 fully saturated rings. The monoisotopic (exact) mass is 417 g/mol. The number of benzene rings is 3. The third kappa shape index (κ3) is 4.14. The number of hydrogen-bond donors (Lipinski definition) is 1. The summed E-state index contributed by atoms with van der Waals surface area (Å²) in [4.78, 5) is 0.130. The van der Waals surface area contributed by atoms with Gasteiger partial charge in [0.1, 0.15) is 10.6 Å². The van der Waals surface area contributed by atoms with Gasteiger partial charge in [0.05, 0.1) is 11.9 Å². The van der Waals surface area contributed by atoms with Gasteiger partial charge in [-0.3, -0.25) is 4.72 Å². The maximum atomic E-state index is 13.3. The van der Waals surface area contributed by atoms with Crippen LogP contribution < -0.4 is 4.72 Å². The van der Waals surface area contributed by atoms with Crippen LogP contribution in [0.3, 0.4) is 0 Å². The summed E-state index contributed by atoms with van der Waals surface area (Å²) in [5.41, 5.74) is 3.61. The highest BCUT2D eigenvalue weighted by Crippen LogP contribution is 2.29.